The van der Waals surface area contributed by atoms with E-state index in [0.717, 1.165) is 10.4 Å². The average molecular weight is 294 g/mol. The van der Waals surface area contributed by atoms with Crippen molar-refractivity contribution in [1.29, 1.82) is 5.26 Å². The molecule has 0 aliphatic rings. The van der Waals surface area contributed by atoms with Gasteiger partial charge in [0.05, 0.1) is 23.6 Å². The van der Waals surface area contributed by atoms with Crippen molar-refractivity contribution < 1.29 is 17.9 Å². The first-order valence-electron chi connectivity index (χ1n) is 5.55. The summed E-state index contributed by atoms with van der Waals surface area (Å²) in [6.45, 7) is 0. The third-order valence-corrected chi connectivity index (χ3v) is 4.33. The molecule has 0 spiro atoms. The van der Waals surface area contributed by atoms with E-state index in [-0.39, 0.29) is 10.5 Å². The fraction of sp³-hybridized carbons (Fsp3) is 0.231. The lowest BCUT2D eigenvalue weighted by molar-refractivity contribution is -0.134. The molecule has 0 fully saturated rings. The fourth-order valence-electron chi connectivity index (χ4n) is 1.38. The number of carbonyl (C=O) groups excluding carboxylic acids is 1. The zero-order valence-corrected chi connectivity index (χ0v) is 12.1. The molecule has 0 bridgehead atoms. The van der Waals surface area contributed by atoms with Gasteiger partial charge in [0, 0.05) is 20.2 Å². The summed E-state index contributed by atoms with van der Waals surface area (Å²) in [6.07, 6.45) is 2.47. The molecular formula is C13H14N2O4S. The molecule has 0 aliphatic heterocycles. The summed E-state index contributed by atoms with van der Waals surface area (Å²) in [5.41, 5.74) is 0.601. The van der Waals surface area contributed by atoms with E-state index in [0.29, 0.717) is 5.56 Å². The molecule has 106 valence electrons. The first-order chi connectivity index (χ1) is 9.32. The summed E-state index contributed by atoms with van der Waals surface area (Å²) >= 11 is 0. The minimum Gasteiger partial charge on any atom is -0.466 e. The van der Waals surface area contributed by atoms with Crippen LogP contribution < -0.4 is 0 Å². The van der Waals surface area contributed by atoms with Crippen molar-refractivity contribution in [2.24, 2.45) is 0 Å². The number of nitriles is 1. The summed E-state index contributed by atoms with van der Waals surface area (Å²) in [4.78, 5) is 11.1. The second kappa shape index (κ2) is 6.32. The third-order valence-electron chi connectivity index (χ3n) is 2.52. The lowest BCUT2D eigenvalue weighted by Gasteiger charge is -2.12. The van der Waals surface area contributed by atoms with Crippen LogP contribution in [0.2, 0.25) is 0 Å². The van der Waals surface area contributed by atoms with E-state index >= 15 is 0 Å². The van der Waals surface area contributed by atoms with Crippen LogP contribution in [0.4, 0.5) is 0 Å². The summed E-state index contributed by atoms with van der Waals surface area (Å²) in [6, 6.07) is 6.02. The molecule has 0 heterocycles. The predicted molar refractivity (Wildman–Crippen MR) is 73.1 cm³/mol. The first-order valence-corrected chi connectivity index (χ1v) is 6.99. The van der Waals surface area contributed by atoms with Gasteiger partial charge in [-0.05, 0) is 29.8 Å². The Hall–Kier alpha value is -2.17. The van der Waals surface area contributed by atoms with Crippen LogP contribution in [0.15, 0.2) is 29.2 Å². The minimum absolute atomic E-state index is 0.0472. The van der Waals surface area contributed by atoms with Crippen LogP contribution in [-0.2, 0) is 19.6 Å². The van der Waals surface area contributed by atoms with Crippen LogP contribution in [-0.4, -0.2) is 39.9 Å². The van der Waals surface area contributed by atoms with Gasteiger partial charge in [0.15, 0.2) is 0 Å². The second-order valence-electron chi connectivity index (χ2n) is 4.00. The van der Waals surface area contributed by atoms with E-state index in [2.05, 4.69) is 4.74 Å². The lowest BCUT2D eigenvalue weighted by atomic mass is 10.1. The predicted octanol–water partition coefficient (Wildman–Crippen LogP) is 0.995. The lowest BCUT2D eigenvalue weighted by Crippen LogP contribution is -2.22. The van der Waals surface area contributed by atoms with Gasteiger partial charge in [0.25, 0.3) is 0 Å². The quantitative estimate of drug-likeness (QED) is 0.610. The van der Waals surface area contributed by atoms with Crippen LogP contribution in [0, 0.1) is 11.3 Å². The molecule has 1 aromatic rings. The van der Waals surface area contributed by atoms with Gasteiger partial charge in [-0.2, -0.15) is 5.26 Å². The van der Waals surface area contributed by atoms with Crippen molar-refractivity contribution in [3.63, 3.8) is 0 Å². The average Bonchev–Trinajstić information content (AvgIpc) is 2.43. The summed E-state index contributed by atoms with van der Waals surface area (Å²) in [7, 11) is 0.461. The van der Waals surface area contributed by atoms with E-state index in [1.54, 1.807) is 0 Å². The highest BCUT2D eigenvalue weighted by atomic mass is 32.2. The van der Waals surface area contributed by atoms with E-state index in [1.165, 1.54) is 45.5 Å². The number of hydrogen-bond acceptors (Lipinski definition) is 5. The smallest absolute Gasteiger partial charge is 0.330 e. The Bertz CT molecular complexity index is 685. The number of rotatable bonds is 4. The largest absolute Gasteiger partial charge is 0.466 e. The van der Waals surface area contributed by atoms with Crippen molar-refractivity contribution in [3.8, 4) is 6.07 Å². The molecule has 1 rings (SSSR count). The maximum Gasteiger partial charge on any atom is 0.330 e. The molecule has 0 atom stereocenters. The number of methoxy groups -OCH3 is 1. The molecule has 0 unspecified atom stereocenters. The molecular weight excluding hydrogens is 280 g/mol. The van der Waals surface area contributed by atoms with E-state index < -0.39 is 16.0 Å². The van der Waals surface area contributed by atoms with E-state index in [9.17, 15) is 13.2 Å². The van der Waals surface area contributed by atoms with Gasteiger partial charge in [0.1, 0.15) is 0 Å². The van der Waals surface area contributed by atoms with Crippen molar-refractivity contribution in [1.82, 2.24) is 4.31 Å². The highest BCUT2D eigenvalue weighted by Crippen LogP contribution is 2.19. The number of esters is 1. The molecule has 7 heteroatoms. The highest BCUT2D eigenvalue weighted by molar-refractivity contribution is 7.89. The van der Waals surface area contributed by atoms with Crippen LogP contribution in [0.5, 0.6) is 0 Å². The zero-order valence-electron chi connectivity index (χ0n) is 11.3. The van der Waals surface area contributed by atoms with E-state index in [1.807, 2.05) is 6.07 Å². The van der Waals surface area contributed by atoms with Gasteiger partial charge in [-0.25, -0.2) is 17.5 Å². The monoisotopic (exact) mass is 294 g/mol. The van der Waals surface area contributed by atoms with Crippen molar-refractivity contribution in [2.45, 2.75) is 4.90 Å². The summed E-state index contributed by atoms with van der Waals surface area (Å²) in [5, 5.41) is 8.98. The van der Waals surface area contributed by atoms with Crippen LogP contribution in [0.25, 0.3) is 6.08 Å². The Morgan fingerprint density at radius 1 is 1.40 bits per heavy atom. The van der Waals surface area contributed by atoms with Gasteiger partial charge in [-0.1, -0.05) is 0 Å². The Kier molecular flexibility index (Phi) is 5.02. The van der Waals surface area contributed by atoms with Crippen LogP contribution in [0.1, 0.15) is 11.1 Å². The van der Waals surface area contributed by atoms with Gasteiger partial charge in [0.2, 0.25) is 10.0 Å². The molecule has 20 heavy (non-hydrogen) atoms. The molecule has 1 aromatic carbocycles. The van der Waals surface area contributed by atoms with Crippen LogP contribution >= 0.6 is 0 Å². The topological polar surface area (TPSA) is 87.5 Å². The van der Waals surface area contributed by atoms with Gasteiger partial charge < -0.3 is 4.74 Å². The number of nitrogens with zero attached hydrogens (tertiary/aromatic N) is 2. The Morgan fingerprint density at radius 3 is 2.55 bits per heavy atom. The number of ether oxygens (including phenoxy) is 1. The normalized spacial score (nSPS) is 11.6. The Balaban J connectivity index is 3.34. The Morgan fingerprint density at radius 2 is 2.05 bits per heavy atom. The molecule has 0 saturated carbocycles. The maximum atomic E-state index is 12.0. The minimum atomic E-state index is -3.59. The van der Waals surface area contributed by atoms with Crippen LogP contribution in [0.3, 0.4) is 0 Å². The maximum absolute atomic E-state index is 12.0. The fourth-order valence-corrected chi connectivity index (χ4v) is 2.32. The molecule has 0 aromatic heterocycles. The number of sulfonamides is 1. The zero-order chi connectivity index (χ0) is 15.3. The highest BCUT2D eigenvalue weighted by Gasteiger charge is 2.18. The van der Waals surface area contributed by atoms with Gasteiger partial charge in [-0.15, -0.1) is 0 Å². The Labute approximate surface area is 117 Å². The SMILES string of the molecule is COC(=O)/C=C/c1cc(S(=O)(=O)N(C)C)ccc1C#N. The second-order valence-corrected chi connectivity index (χ2v) is 6.16. The molecule has 0 N–H and O–H groups in total. The van der Waals surface area contributed by atoms with Gasteiger partial charge in [-0.3, -0.25) is 0 Å². The number of hydrogen-bond donors (Lipinski definition) is 0. The first kappa shape index (κ1) is 15.9. The molecule has 6 nitrogen and oxygen atoms in total. The van der Waals surface area contributed by atoms with Crippen molar-refractivity contribution >= 4 is 22.1 Å². The standard InChI is InChI=1S/C13H14N2O4S/c1-15(2)20(17,18)12-6-4-11(9-14)10(8-12)5-7-13(16)19-3/h4-8H,1-3H3/b7-5+. The van der Waals surface area contributed by atoms with Crippen molar-refractivity contribution in [3.05, 3.63) is 35.4 Å². The summed E-state index contributed by atoms with van der Waals surface area (Å²) in [5.74, 6) is -0.588. The molecule has 0 aliphatic carbocycles. The summed E-state index contributed by atoms with van der Waals surface area (Å²) < 4.78 is 29.5. The number of carbonyl (C=O) groups is 1. The van der Waals surface area contributed by atoms with E-state index in [4.69, 9.17) is 5.26 Å². The molecule has 0 saturated heterocycles. The third kappa shape index (κ3) is 3.44. The van der Waals surface area contributed by atoms with Gasteiger partial charge >= 0.3 is 5.97 Å². The molecule has 0 radical (unpaired) electrons. The number of benzene rings is 1. The van der Waals surface area contributed by atoms with Crippen molar-refractivity contribution in [2.75, 3.05) is 21.2 Å². The molecule has 0 amide bonds.